The van der Waals surface area contributed by atoms with E-state index in [0.29, 0.717) is 47.1 Å². The maximum Gasteiger partial charge on any atom is 0.416 e. The maximum atomic E-state index is 14.1. The van der Waals surface area contributed by atoms with Gasteiger partial charge in [-0.15, -0.1) is 0 Å². The number of hydrogen-bond acceptors (Lipinski definition) is 7. The molecule has 0 saturated carbocycles. The van der Waals surface area contributed by atoms with Crippen molar-refractivity contribution in [2.24, 2.45) is 0 Å². The number of nitrogen functional groups attached to an aromatic ring is 1. The number of fused-ring (bicyclic) bond motifs is 1. The van der Waals surface area contributed by atoms with Gasteiger partial charge in [0, 0.05) is 50.5 Å². The van der Waals surface area contributed by atoms with E-state index in [1.165, 1.54) is 18.5 Å². The molecular formula is C29H30F5N9O2. The minimum atomic E-state index is -4.72. The quantitative estimate of drug-likeness (QED) is 0.214. The molecule has 0 atom stereocenters. The second-order valence-corrected chi connectivity index (χ2v) is 10.5. The number of carbonyl (C=O) groups excluding carboxylic acids is 2. The fourth-order valence-corrected chi connectivity index (χ4v) is 5.12. The molecule has 1 aliphatic rings. The summed E-state index contributed by atoms with van der Waals surface area (Å²) in [6.45, 7) is 2.55. The highest BCUT2D eigenvalue weighted by molar-refractivity contribution is 6.08. The highest BCUT2D eigenvalue weighted by Crippen LogP contribution is 2.37. The van der Waals surface area contributed by atoms with Crippen LogP contribution in [-0.4, -0.2) is 82.8 Å². The van der Waals surface area contributed by atoms with Crippen LogP contribution < -0.4 is 21.7 Å². The maximum absolute atomic E-state index is 14.1. The van der Waals surface area contributed by atoms with Crippen molar-refractivity contribution in [3.63, 3.8) is 0 Å². The van der Waals surface area contributed by atoms with Crippen molar-refractivity contribution in [2.75, 3.05) is 62.8 Å². The molecule has 238 valence electrons. The minimum absolute atomic E-state index is 0.105. The zero-order chi connectivity index (χ0) is 32.3. The van der Waals surface area contributed by atoms with Crippen molar-refractivity contribution >= 4 is 34.6 Å². The third-order valence-corrected chi connectivity index (χ3v) is 7.40. The number of halogens is 5. The number of rotatable bonds is 8. The molecule has 3 heterocycles. The summed E-state index contributed by atoms with van der Waals surface area (Å²) in [5, 5.41) is 11.5. The number of urea groups is 1. The Morgan fingerprint density at radius 3 is 2.40 bits per heavy atom. The number of alkyl halides is 4. The molecule has 5 rings (SSSR count). The molecule has 2 aromatic heterocycles. The van der Waals surface area contributed by atoms with Crippen molar-refractivity contribution in [3.05, 3.63) is 71.4 Å². The Hall–Kier alpha value is -4.83. The molecule has 2 aromatic carbocycles. The summed E-state index contributed by atoms with van der Waals surface area (Å²) in [4.78, 5) is 34.5. The predicted octanol–water partition coefficient (Wildman–Crippen LogP) is 4.23. The van der Waals surface area contributed by atoms with Gasteiger partial charge in [-0.1, -0.05) is 12.1 Å². The molecule has 5 N–H and O–H groups in total. The molecule has 0 aliphatic carbocycles. The Morgan fingerprint density at radius 2 is 1.73 bits per heavy atom. The summed E-state index contributed by atoms with van der Waals surface area (Å²) in [7, 11) is 2.03. The first-order valence-corrected chi connectivity index (χ1v) is 13.9. The molecule has 4 aromatic rings. The Morgan fingerprint density at radius 1 is 1.02 bits per heavy atom. The van der Waals surface area contributed by atoms with E-state index >= 15 is 0 Å². The smallest absolute Gasteiger partial charge is 0.382 e. The van der Waals surface area contributed by atoms with Gasteiger partial charge < -0.3 is 26.6 Å². The summed E-state index contributed by atoms with van der Waals surface area (Å²) in [5.41, 5.74) is 6.80. The van der Waals surface area contributed by atoms with Crippen LogP contribution in [0.15, 0.2) is 48.8 Å². The molecule has 0 unspecified atom stereocenters. The number of hydrogen-bond donors (Lipinski definition) is 4. The fourth-order valence-electron chi connectivity index (χ4n) is 5.12. The Labute approximate surface area is 254 Å². The zero-order valence-electron chi connectivity index (χ0n) is 24.1. The van der Waals surface area contributed by atoms with Crippen LogP contribution in [0.3, 0.4) is 0 Å². The Balaban J connectivity index is 1.47. The topological polar surface area (TPSA) is 133 Å². The van der Waals surface area contributed by atoms with E-state index in [2.05, 4.69) is 35.8 Å². The van der Waals surface area contributed by atoms with Crippen LogP contribution in [0.5, 0.6) is 0 Å². The Bertz CT molecular complexity index is 1700. The van der Waals surface area contributed by atoms with E-state index < -0.39 is 41.9 Å². The summed E-state index contributed by atoms with van der Waals surface area (Å²) in [6.07, 6.45) is -3.44. The summed E-state index contributed by atoms with van der Waals surface area (Å²) >= 11 is 0. The molecule has 1 saturated heterocycles. The van der Waals surface area contributed by atoms with Crippen LogP contribution in [0.4, 0.5) is 43.9 Å². The van der Waals surface area contributed by atoms with Crippen molar-refractivity contribution < 1.29 is 31.5 Å². The number of nitrogens with two attached hydrogens (primary N) is 1. The number of benzene rings is 2. The summed E-state index contributed by atoms with van der Waals surface area (Å²) in [6, 6.07) is 6.87. The van der Waals surface area contributed by atoms with Gasteiger partial charge in [0.05, 0.1) is 22.5 Å². The number of piperazine rings is 1. The third kappa shape index (κ3) is 6.96. The monoisotopic (exact) mass is 631 g/mol. The Kier molecular flexibility index (Phi) is 9.15. The van der Waals surface area contributed by atoms with Crippen molar-refractivity contribution in [1.82, 2.24) is 29.7 Å². The molecule has 0 radical (unpaired) electrons. The third-order valence-electron chi connectivity index (χ3n) is 7.40. The van der Waals surface area contributed by atoms with Gasteiger partial charge in [-0.3, -0.25) is 9.69 Å². The lowest BCUT2D eigenvalue weighted by molar-refractivity contribution is -0.137. The van der Waals surface area contributed by atoms with Gasteiger partial charge >= 0.3 is 12.2 Å². The van der Waals surface area contributed by atoms with E-state index in [-0.39, 0.29) is 23.6 Å². The van der Waals surface area contributed by atoms with Gasteiger partial charge in [-0.2, -0.15) is 18.3 Å². The largest absolute Gasteiger partial charge is 0.416 e. The zero-order valence-corrected chi connectivity index (χ0v) is 24.1. The normalized spacial score (nSPS) is 14.4. The van der Waals surface area contributed by atoms with Gasteiger partial charge in [0.1, 0.15) is 24.3 Å². The standard InChI is InChI=1S/C29H30F5N9O2/c1-41-10-12-42(13-11-41)15-22-24(27(44)36-9-8-30)23(25-26(35)37-16-38-43(22)25)17-2-5-19(6-3-17)39-28(45)40-21-14-18(29(32,33)34)4-7-20(21)31/h2-7,14,16H,8-13,15H2,1H3,(H,36,44)(H2,35,37,38)(H2,39,40,45). The lowest BCUT2D eigenvalue weighted by Crippen LogP contribution is -2.44. The molecular weight excluding hydrogens is 601 g/mol. The van der Waals surface area contributed by atoms with E-state index in [0.717, 1.165) is 26.2 Å². The first kappa shape index (κ1) is 31.6. The van der Waals surface area contributed by atoms with Crippen molar-refractivity contribution in [3.8, 4) is 11.1 Å². The molecule has 0 spiro atoms. The van der Waals surface area contributed by atoms with Gasteiger partial charge in [0.2, 0.25) is 0 Å². The number of amides is 3. The number of carbonyl (C=O) groups is 2. The second kappa shape index (κ2) is 13.0. The van der Waals surface area contributed by atoms with Crippen LogP contribution >= 0.6 is 0 Å². The van der Waals surface area contributed by atoms with E-state index in [1.807, 2.05) is 7.05 Å². The number of nitrogens with one attached hydrogen (secondary N) is 3. The number of aromatic nitrogens is 3. The highest BCUT2D eigenvalue weighted by atomic mass is 19.4. The van der Waals surface area contributed by atoms with E-state index in [9.17, 15) is 31.5 Å². The first-order chi connectivity index (χ1) is 21.5. The van der Waals surface area contributed by atoms with Gasteiger partial charge in [0.25, 0.3) is 5.91 Å². The number of nitrogens with zero attached hydrogens (tertiary/aromatic N) is 5. The SMILES string of the molecule is CN1CCN(Cc2c(C(=O)NCCF)c(-c3ccc(NC(=O)Nc4cc(C(F)(F)F)ccc4F)cc3)c3c(N)ncnn23)CC1. The van der Waals surface area contributed by atoms with Gasteiger partial charge in [-0.05, 0) is 42.9 Å². The summed E-state index contributed by atoms with van der Waals surface area (Å²) < 4.78 is 67.9. The van der Waals surface area contributed by atoms with Crippen LogP contribution in [0.2, 0.25) is 0 Å². The average molecular weight is 632 g/mol. The fraction of sp³-hybridized carbons (Fsp3) is 0.310. The minimum Gasteiger partial charge on any atom is -0.382 e. The molecule has 45 heavy (non-hydrogen) atoms. The van der Waals surface area contributed by atoms with E-state index in [4.69, 9.17) is 5.73 Å². The van der Waals surface area contributed by atoms with Crippen LogP contribution in [-0.2, 0) is 12.7 Å². The van der Waals surface area contributed by atoms with E-state index in [1.54, 1.807) is 16.6 Å². The van der Waals surface area contributed by atoms with Crippen LogP contribution in [0.1, 0.15) is 21.6 Å². The highest BCUT2D eigenvalue weighted by Gasteiger charge is 2.32. The predicted molar refractivity (Wildman–Crippen MR) is 158 cm³/mol. The number of anilines is 3. The molecule has 11 nitrogen and oxygen atoms in total. The molecule has 3 amide bonds. The number of likely N-dealkylation sites (N-methyl/N-ethyl adjacent to an activating group) is 1. The van der Waals surface area contributed by atoms with Crippen molar-refractivity contribution in [1.29, 1.82) is 0 Å². The molecule has 16 heteroatoms. The van der Waals surface area contributed by atoms with Gasteiger partial charge in [0.15, 0.2) is 5.82 Å². The lowest BCUT2D eigenvalue weighted by Gasteiger charge is -2.32. The summed E-state index contributed by atoms with van der Waals surface area (Å²) in [5.74, 6) is -1.46. The molecule has 0 bridgehead atoms. The second-order valence-electron chi connectivity index (χ2n) is 10.5. The van der Waals surface area contributed by atoms with Gasteiger partial charge in [-0.25, -0.2) is 23.1 Å². The lowest BCUT2D eigenvalue weighted by atomic mass is 9.99. The molecule has 1 fully saturated rings. The molecule has 1 aliphatic heterocycles. The average Bonchev–Trinajstić information content (AvgIpc) is 3.33. The van der Waals surface area contributed by atoms with Crippen LogP contribution in [0.25, 0.3) is 16.6 Å². The first-order valence-electron chi connectivity index (χ1n) is 13.9. The van der Waals surface area contributed by atoms with Crippen molar-refractivity contribution in [2.45, 2.75) is 12.7 Å². The van der Waals surface area contributed by atoms with Crippen LogP contribution in [0, 0.1) is 5.82 Å².